The smallest absolute Gasteiger partial charge is 0.417 e. The number of carbonyl (C=O) groups is 2. The summed E-state index contributed by atoms with van der Waals surface area (Å²) < 4.78 is 61.8. The molecule has 0 spiro atoms. The van der Waals surface area contributed by atoms with Gasteiger partial charge in [-0.25, -0.2) is 9.18 Å². The maximum Gasteiger partial charge on any atom is 0.417 e. The van der Waals surface area contributed by atoms with Gasteiger partial charge in [0.05, 0.1) is 36.6 Å². The van der Waals surface area contributed by atoms with Gasteiger partial charge in [-0.2, -0.15) is 18.3 Å². The molecular formula is C26H25F4N5O3. The summed E-state index contributed by atoms with van der Waals surface area (Å²) in [4.78, 5) is 24.5. The molecule has 0 bridgehead atoms. The monoisotopic (exact) mass is 531 g/mol. The highest BCUT2D eigenvalue weighted by Crippen LogP contribution is 2.37. The fourth-order valence-electron chi connectivity index (χ4n) is 4.21. The molecule has 38 heavy (non-hydrogen) atoms. The van der Waals surface area contributed by atoms with Crippen molar-refractivity contribution in [2.75, 3.05) is 18.0 Å². The van der Waals surface area contributed by atoms with Crippen LogP contribution < -0.4 is 10.2 Å². The van der Waals surface area contributed by atoms with Crippen molar-refractivity contribution in [3.63, 3.8) is 0 Å². The molecule has 12 heteroatoms. The number of hydrogen-bond donors (Lipinski definition) is 2. The molecule has 2 heterocycles. The summed E-state index contributed by atoms with van der Waals surface area (Å²) in [7, 11) is 0. The van der Waals surface area contributed by atoms with Crippen molar-refractivity contribution in [1.82, 2.24) is 15.1 Å². The predicted molar refractivity (Wildman–Crippen MR) is 132 cm³/mol. The fourth-order valence-corrected chi connectivity index (χ4v) is 4.21. The van der Waals surface area contributed by atoms with Crippen molar-refractivity contribution in [3.8, 4) is 11.1 Å². The van der Waals surface area contributed by atoms with E-state index in [1.807, 2.05) is 0 Å². The summed E-state index contributed by atoms with van der Waals surface area (Å²) in [5, 5.41) is 15.1. The maximum atomic E-state index is 15.0. The van der Waals surface area contributed by atoms with Gasteiger partial charge in [0.1, 0.15) is 11.9 Å². The van der Waals surface area contributed by atoms with Crippen molar-refractivity contribution >= 4 is 23.4 Å². The number of aromatic nitrogens is 2. The Hall–Kier alpha value is -4.22. The normalized spacial score (nSPS) is 16.3. The minimum absolute atomic E-state index is 0.00471. The van der Waals surface area contributed by atoms with E-state index in [0.29, 0.717) is 0 Å². The number of nitrogens with one attached hydrogen (secondary N) is 2. The molecule has 1 fully saturated rings. The summed E-state index contributed by atoms with van der Waals surface area (Å²) in [6, 6.07) is 8.78. The van der Waals surface area contributed by atoms with Crippen LogP contribution in [0.25, 0.3) is 11.1 Å². The summed E-state index contributed by atoms with van der Waals surface area (Å²) in [6.07, 6.45) is -2.91. The van der Waals surface area contributed by atoms with Crippen molar-refractivity contribution in [2.24, 2.45) is 0 Å². The third kappa shape index (κ3) is 5.84. The molecule has 1 aliphatic rings. The maximum absolute atomic E-state index is 15.0. The van der Waals surface area contributed by atoms with Gasteiger partial charge in [0.15, 0.2) is 0 Å². The van der Waals surface area contributed by atoms with E-state index >= 15 is 0 Å². The van der Waals surface area contributed by atoms with Crippen LogP contribution in [0.3, 0.4) is 0 Å². The van der Waals surface area contributed by atoms with E-state index in [1.54, 1.807) is 6.92 Å². The Labute approximate surface area is 215 Å². The van der Waals surface area contributed by atoms with E-state index in [1.165, 1.54) is 59.2 Å². The molecule has 3 aromatic rings. The van der Waals surface area contributed by atoms with E-state index < -0.39 is 35.8 Å². The number of hydrogen-bond acceptors (Lipinski definition) is 5. The van der Waals surface area contributed by atoms with Gasteiger partial charge in [0.25, 0.3) is 0 Å². The van der Waals surface area contributed by atoms with Gasteiger partial charge >= 0.3 is 12.3 Å². The summed E-state index contributed by atoms with van der Waals surface area (Å²) in [5.41, 5.74) is -0.261. The first-order valence-electron chi connectivity index (χ1n) is 11.7. The summed E-state index contributed by atoms with van der Waals surface area (Å²) in [6.45, 7) is 3.34. The zero-order valence-electron chi connectivity index (χ0n) is 20.6. The second-order valence-corrected chi connectivity index (χ2v) is 9.00. The van der Waals surface area contributed by atoms with E-state index in [2.05, 4.69) is 10.4 Å². The topological polar surface area (TPSA) is 100 Å². The molecule has 2 aromatic carbocycles. The molecule has 1 saturated heterocycles. The lowest BCUT2D eigenvalue weighted by Crippen LogP contribution is -2.33. The number of benzene rings is 2. The molecule has 2 N–H and O–H groups in total. The second kappa shape index (κ2) is 10.6. The Morgan fingerprint density at radius 2 is 2.00 bits per heavy atom. The second-order valence-electron chi connectivity index (χ2n) is 9.00. The van der Waals surface area contributed by atoms with Gasteiger partial charge in [0, 0.05) is 36.4 Å². The zero-order valence-corrected chi connectivity index (χ0v) is 20.6. The van der Waals surface area contributed by atoms with Crippen molar-refractivity contribution < 1.29 is 31.9 Å². The Morgan fingerprint density at radius 1 is 1.26 bits per heavy atom. The van der Waals surface area contributed by atoms with Gasteiger partial charge in [-0.05, 0) is 36.8 Å². The molecule has 0 radical (unpaired) electrons. The molecular weight excluding hydrogens is 506 g/mol. The number of halogens is 4. The minimum Gasteiger partial charge on any atom is -0.442 e. The van der Waals surface area contributed by atoms with Gasteiger partial charge in [-0.3, -0.25) is 14.4 Å². The zero-order chi connectivity index (χ0) is 27.6. The SMILES string of the molecule is CC(=O)NC[C@H]1CN(c2ccc(C(=N)C[C@@H](C)n3cc(-c4ccccc4C(F)(F)F)cn3)c(F)c2)C(=O)O1. The van der Waals surface area contributed by atoms with E-state index in [4.69, 9.17) is 10.1 Å². The van der Waals surface area contributed by atoms with Crippen LogP contribution in [0, 0.1) is 11.2 Å². The van der Waals surface area contributed by atoms with Crippen LogP contribution >= 0.6 is 0 Å². The number of carbonyl (C=O) groups excluding carboxylic acids is 2. The molecule has 4 rings (SSSR count). The standard InChI is InChI=1S/C26H25F4N5O3/c1-15(35-13-17(11-33-35)20-5-3-4-6-22(20)26(28,29)30)9-24(31)21-8-7-18(10-23(21)27)34-14-19(38-25(34)37)12-32-16(2)36/h3-8,10-11,13,15,19,31H,9,12,14H2,1-2H3,(H,32,36)/t15-,19+/m1/s1. The average Bonchev–Trinajstić information content (AvgIpc) is 3.49. The number of cyclic esters (lactones) is 1. The minimum atomic E-state index is -4.52. The first kappa shape index (κ1) is 26.8. The highest BCUT2D eigenvalue weighted by atomic mass is 19.4. The third-order valence-corrected chi connectivity index (χ3v) is 6.14. The lowest BCUT2D eigenvalue weighted by molar-refractivity contribution is -0.137. The summed E-state index contributed by atoms with van der Waals surface area (Å²) >= 11 is 0. The molecule has 0 saturated carbocycles. The third-order valence-electron chi connectivity index (χ3n) is 6.14. The molecule has 8 nitrogen and oxygen atoms in total. The quantitative estimate of drug-likeness (QED) is 0.309. The van der Waals surface area contributed by atoms with Crippen LogP contribution in [0.2, 0.25) is 0 Å². The average molecular weight is 532 g/mol. The first-order valence-corrected chi connectivity index (χ1v) is 11.7. The molecule has 1 aromatic heterocycles. The van der Waals surface area contributed by atoms with E-state index in [-0.39, 0.29) is 53.5 Å². The lowest BCUT2D eigenvalue weighted by atomic mass is 10.0. The number of anilines is 1. The van der Waals surface area contributed by atoms with Crippen LogP contribution in [-0.2, 0) is 15.7 Å². The van der Waals surface area contributed by atoms with E-state index in [0.717, 1.165) is 12.1 Å². The Bertz CT molecular complexity index is 1370. The number of nitrogens with zero attached hydrogens (tertiary/aromatic N) is 3. The van der Waals surface area contributed by atoms with Gasteiger partial charge < -0.3 is 15.5 Å². The van der Waals surface area contributed by atoms with Crippen LogP contribution in [0.5, 0.6) is 0 Å². The lowest BCUT2D eigenvalue weighted by Gasteiger charge is -2.16. The van der Waals surface area contributed by atoms with Gasteiger partial charge in [-0.1, -0.05) is 18.2 Å². The fraction of sp³-hybridized carbons (Fsp3) is 0.308. The molecule has 2 atom stereocenters. The molecule has 0 aliphatic carbocycles. The van der Waals surface area contributed by atoms with Crippen LogP contribution in [0.15, 0.2) is 54.9 Å². The first-order chi connectivity index (χ1) is 17.9. The summed E-state index contributed by atoms with van der Waals surface area (Å²) in [5.74, 6) is -0.974. The van der Waals surface area contributed by atoms with Crippen LogP contribution in [0.4, 0.5) is 28.0 Å². The van der Waals surface area contributed by atoms with Crippen molar-refractivity contribution in [3.05, 3.63) is 71.8 Å². The largest absolute Gasteiger partial charge is 0.442 e. The molecule has 200 valence electrons. The highest BCUT2D eigenvalue weighted by Gasteiger charge is 2.34. The van der Waals surface area contributed by atoms with Crippen molar-refractivity contribution in [1.29, 1.82) is 5.41 Å². The van der Waals surface area contributed by atoms with Gasteiger partial charge in [0.2, 0.25) is 5.91 Å². The van der Waals surface area contributed by atoms with Crippen molar-refractivity contribution in [2.45, 2.75) is 38.6 Å². The molecule has 1 aliphatic heterocycles. The Kier molecular flexibility index (Phi) is 7.51. The number of ether oxygens (including phenoxy) is 1. The number of amides is 2. The van der Waals surface area contributed by atoms with Gasteiger partial charge in [-0.15, -0.1) is 0 Å². The highest BCUT2D eigenvalue weighted by molar-refractivity contribution is 5.99. The molecule has 0 unspecified atom stereocenters. The van der Waals surface area contributed by atoms with E-state index in [9.17, 15) is 27.2 Å². The van der Waals surface area contributed by atoms with Crippen LogP contribution in [-0.4, -0.2) is 46.7 Å². The number of alkyl halides is 3. The molecule has 2 amide bonds. The predicted octanol–water partition coefficient (Wildman–Crippen LogP) is 5.19. The Balaban J connectivity index is 1.44. The van der Waals surface area contributed by atoms with Crippen LogP contribution in [0.1, 0.15) is 37.4 Å². The Morgan fingerprint density at radius 3 is 2.68 bits per heavy atom. The number of rotatable bonds is 8.